The van der Waals surface area contributed by atoms with Gasteiger partial charge in [0, 0.05) is 46.3 Å². The zero-order valence-corrected chi connectivity index (χ0v) is 23.9. The molecule has 0 spiro atoms. The zero-order valence-electron chi connectivity index (χ0n) is 23.9. The Kier molecular flexibility index (Phi) is 7.47. The van der Waals surface area contributed by atoms with Gasteiger partial charge in [0.25, 0.3) is 0 Å². The molecule has 6 rings (SSSR count). The number of ether oxygens (including phenoxy) is 1. The van der Waals surface area contributed by atoms with Crippen molar-refractivity contribution in [3.05, 3.63) is 143 Å². The second-order valence-electron chi connectivity index (χ2n) is 10.4. The van der Waals surface area contributed by atoms with Crippen LogP contribution in [-0.4, -0.2) is 21.3 Å². The average Bonchev–Trinajstić information content (AvgIpc) is 3.70. The van der Waals surface area contributed by atoms with Crippen LogP contribution < -0.4 is 10.2 Å². The van der Waals surface area contributed by atoms with Crippen molar-refractivity contribution in [2.45, 2.75) is 33.9 Å². The topological polar surface area (TPSA) is 73.7 Å². The van der Waals surface area contributed by atoms with Crippen LogP contribution in [0, 0.1) is 20.8 Å². The molecule has 0 atom stereocenters. The van der Waals surface area contributed by atoms with E-state index < -0.39 is 5.91 Å². The van der Waals surface area contributed by atoms with Crippen molar-refractivity contribution < 1.29 is 13.9 Å². The van der Waals surface area contributed by atoms with E-state index in [1.165, 1.54) is 22.5 Å². The lowest BCUT2D eigenvalue weighted by molar-refractivity contribution is 0.0923. The SMILES string of the molecule is Cc1cccc(Cn2cc(/C=N/NC(=O)c3ccc(COc4ccc(-n5c(C)ccc5C)cc4)o3)c3ccccc32)c1. The van der Waals surface area contributed by atoms with Crippen LogP contribution in [0.4, 0.5) is 0 Å². The van der Waals surface area contributed by atoms with Gasteiger partial charge in [-0.3, -0.25) is 4.79 Å². The van der Waals surface area contributed by atoms with Crippen LogP contribution in [0.1, 0.15) is 44.4 Å². The number of aromatic nitrogens is 2. The molecule has 7 heteroatoms. The van der Waals surface area contributed by atoms with Crippen molar-refractivity contribution in [1.82, 2.24) is 14.6 Å². The predicted molar refractivity (Wildman–Crippen MR) is 166 cm³/mol. The first kappa shape index (κ1) is 26.9. The molecule has 0 radical (unpaired) electrons. The molecule has 0 unspecified atom stereocenters. The Labute approximate surface area is 244 Å². The molecule has 0 fully saturated rings. The molecular weight excluding hydrogens is 524 g/mol. The first-order valence-electron chi connectivity index (χ1n) is 13.9. The molecule has 1 N–H and O–H groups in total. The molecule has 0 saturated heterocycles. The number of furan rings is 1. The van der Waals surface area contributed by atoms with Crippen LogP contribution in [0.25, 0.3) is 16.6 Å². The number of hydrogen-bond acceptors (Lipinski definition) is 4. The van der Waals surface area contributed by atoms with E-state index in [9.17, 15) is 4.79 Å². The number of benzene rings is 3. The normalized spacial score (nSPS) is 11.4. The quantitative estimate of drug-likeness (QED) is 0.150. The summed E-state index contributed by atoms with van der Waals surface area (Å²) in [6.07, 6.45) is 3.72. The number of nitrogens with one attached hydrogen (secondary N) is 1. The number of rotatable bonds is 9. The molecule has 0 aliphatic carbocycles. The van der Waals surface area contributed by atoms with Gasteiger partial charge in [-0.25, -0.2) is 5.43 Å². The monoisotopic (exact) mass is 556 g/mol. The molecular formula is C35H32N4O3. The number of carbonyl (C=O) groups excluding carboxylic acids is 1. The summed E-state index contributed by atoms with van der Waals surface area (Å²) < 4.78 is 16.0. The molecule has 3 heterocycles. The highest BCUT2D eigenvalue weighted by atomic mass is 16.5. The lowest BCUT2D eigenvalue weighted by Gasteiger charge is -2.10. The maximum Gasteiger partial charge on any atom is 0.307 e. The molecule has 42 heavy (non-hydrogen) atoms. The third-order valence-electron chi connectivity index (χ3n) is 7.26. The molecule has 0 aliphatic rings. The Bertz CT molecular complexity index is 1870. The summed E-state index contributed by atoms with van der Waals surface area (Å²) in [5, 5.41) is 5.28. The largest absolute Gasteiger partial charge is 0.486 e. The summed E-state index contributed by atoms with van der Waals surface area (Å²) >= 11 is 0. The zero-order chi connectivity index (χ0) is 29.1. The van der Waals surface area contributed by atoms with Crippen molar-refractivity contribution in [2.24, 2.45) is 5.10 Å². The fourth-order valence-electron chi connectivity index (χ4n) is 5.23. The minimum atomic E-state index is -0.428. The Morgan fingerprint density at radius 1 is 0.905 bits per heavy atom. The molecule has 0 aliphatic heterocycles. The molecule has 210 valence electrons. The van der Waals surface area contributed by atoms with Gasteiger partial charge in [0.15, 0.2) is 5.76 Å². The van der Waals surface area contributed by atoms with E-state index in [0.29, 0.717) is 5.76 Å². The lowest BCUT2D eigenvalue weighted by atomic mass is 10.1. The van der Waals surface area contributed by atoms with Crippen molar-refractivity contribution in [3.8, 4) is 11.4 Å². The van der Waals surface area contributed by atoms with Crippen LogP contribution >= 0.6 is 0 Å². The van der Waals surface area contributed by atoms with E-state index in [4.69, 9.17) is 9.15 Å². The molecule has 3 aromatic heterocycles. The number of carbonyl (C=O) groups is 1. The van der Waals surface area contributed by atoms with E-state index >= 15 is 0 Å². The van der Waals surface area contributed by atoms with Crippen molar-refractivity contribution >= 4 is 23.0 Å². The number of para-hydroxylation sites is 1. The molecule has 0 saturated carbocycles. The number of nitrogens with zero attached hydrogens (tertiary/aromatic N) is 3. The fraction of sp³-hybridized carbons (Fsp3) is 0.143. The van der Waals surface area contributed by atoms with Crippen molar-refractivity contribution in [3.63, 3.8) is 0 Å². The van der Waals surface area contributed by atoms with E-state index in [-0.39, 0.29) is 12.4 Å². The van der Waals surface area contributed by atoms with Gasteiger partial charge in [-0.1, -0.05) is 48.0 Å². The smallest absolute Gasteiger partial charge is 0.307 e. The Hall–Kier alpha value is -5.30. The summed E-state index contributed by atoms with van der Waals surface area (Å²) in [5.41, 5.74) is 10.5. The van der Waals surface area contributed by atoms with E-state index in [2.05, 4.69) is 95.2 Å². The van der Waals surface area contributed by atoms with Crippen molar-refractivity contribution in [2.75, 3.05) is 0 Å². The van der Waals surface area contributed by atoms with Gasteiger partial charge in [-0.05, 0) is 80.9 Å². The first-order valence-corrected chi connectivity index (χ1v) is 13.9. The van der Waals surface area contributed by atoms with E-state index in [1.54, 1.807) is 18.3 Å². The second-order valence-corrected chi connectivity index (χ2v) is 10.4. The highest BCUT2D eigenvalue weighted by Gasteiger charge is 2.12. The standard InChI is InChI=1S/C35H32N4O3/c1-24-7-6-8-27(19-24)21-38-22-28(32-9-4-5-10-33(32)38)20-36-37-35(40)34-18-17-31(42-34)23-41-30-15-13-29(14-16-30)39-25(2)11-12-26(39)3/h4-20,22H,21,23H2,1-3H3,(H,37,40)/b36-20+. The van der Waals surface area contributed by atoms with Gasteiger partial charge in [-0.15, -0.1) is 0 Å². The van der Waals surface area contributed by atoms with Crippen LogP contribution in [-0.2, 0) is 13.2 Å². The Morgan fingerprint density at radius 2 is 1.69 bits per heavy atom. The fourth-order valence-corrected chi connectivity index (χ4v) is 5.23. The number of fused-ring (bicyclic) bond motifs is 1. The molecule has 0 bridgehead atoms. The van der Waals surface area contributed by atoms with Gasteiger partial charge < -0.3 is 18.3 Å². The number of hydrogen-bond donors (Lipinski definition) is 1. The average molecular weight is 557 g/mol. The van der Waals surface area contributed by atoms with Gasteiger partial charge in [-0.2, -0.15) is 5.10 Å². The van der Waals surface area contributed by atoms with Gasteiger partial charge in [0.1, 0.15) is 18.1 Å². The first-order chi connectivity index (χ1) is 20.4. The van der Waals surface area contributed by atoms with Crippen LogP contribution in [0.5, 0.6) is 5.75 Å². The molecule has 1 amide bonds. The maximum atomic E-state index is 12.7. The Balaban J connectivity index is 1.07. The predicted octanol–water partition coefficient (Wildman–Crippen LogP) is 7.34. The van der Waals surface area contributed by atoms with Crippen molar-refractivity contribution in [1.29, 1.82) is 0 Å². The maximum absolute atomic E-state index is 12.7. The van der Waals surface area contributed by atoms with Gasteiger partial charge in [0.05, 0.1) is 6.21 Å². The highest BCUT2D eigenvalue weighted by Crippen LogP contribution is 2.23. The van der Waals surface area contributed by atoms with Gasteiger partial charge in [0.2, 0.25) is 0 Å². The minimum absolute atomic E-state index is 0.168. The van der Waals surface area contributed by atoms with E-state index in [0.717, 1.165) is 34.4 Å². The van der Waals surface area contributed by atoms with Crippen LogP contribution in [0.15, 0.2) is 113 Å². The third kappa shape index (κ3) is 5.76. The lowest BCUT2D eigenvalue weighted by Crippen LogP contribution is -2.16. The molecule has 6 aromatic rings. The summed E-state index contributed by atoms with van der Waals surface area (Å²) in [4.78, 5) is 12.7. The minimum Gasteiger partial charge on any atom is -0.486 e. The highest BCUT2D eigenvalue weighted by molar-refractivity contribution is 6.00. The second kappa shape index (κ2) is 11.7. The molecule has 3 aromatic carbocycles. The van der Waals surface area contributed by atoms with E-state index in [1.807, 2.05) is 36.4 Å². The summed E-state index contributed by atoms with van der Waals surface area (Å²) in [6, 6.07) is 32.1. The summed E-state index contributed by atoms with van der Waals surface area (Å²) in [5.74, 6) is 1.00. The Morgan fingerprint density at radius 3 is 2.48 bits per heavy atom. The summed E-state index contributed by atoms with van der Waals surface area (Å²) in [7, 11) is 0. The summed E-state index contributed by atoms with van der Waals surface area (Å²) in [6.45, 7) is 7.21. The molecule has 7 nitrogen and oxygen atoms in total. The number of hydrazone groups is 1. The number of aryl methyl sites for hydroxylation is 3. The van der Waals surface area contributed by atoms with Crippen LogP contribution in [0.3, 0.4) is 0 Å². The third-order valence-corrected chi connectivity index (χ3v) is 7.26. The van der Waals surface area contributed by atoms with Crippen LogP contribution in [0.2, 0.25) is 0 Å². The number of amides is 1. The van der Waals surface area contributed by atoms with Gasteiger partial charge >= 0.3 is 5.91 Å².